The molecule has 0 aromatic carbocycles. The third kappa shape index (κ3) is 3.42. The van der Waals surface area contributed by atoms with Crippen molar-refractivity contribution in [3.05, 3.63) is 0 Å². The van der Waals surface area contributed by atoms with Crippen molar-refractivity contribution in [2.24, 2.45) is 0 Å². The van der Waals surface area contributed by atoms with Gasteiger partial charge in [-0.15, -0.1) is 0 Å². The maximum absolute atomic E-state index is 9.05. The molecule has 1 aliphatic heterocycles. The molecule has 1 aliphatic carbocycles. The number of likely N-dealkylation sites (N-methyl/N-ethyl adjacent to an activating group) is 1. The molecular formula is C12H24N2O2. The van der Waals surface area contributed by atoms with Gasteiger partial charge in [-0.3, -0.25) is 9.80 Å². The van der Waals surface area contributed by atoms with Gasteiger partial charge in [0, 0.05) is 32.2 Å². The average molecular weight is 228 g/mol. The highest BCUT2D eigenvalue weighted by atomic mass is 16.5. The Labute approximate surface area is 98.2 Å². The molecule has 0 bridgehead atoms. The van der Waals surface area contributed by atoms with Crippen LogP contribution in [0.2, 0.25) is 0 Å². The van der Waals surface area contributed by atoms with Gasteiger partial charge in [-0.2, -0.15) is 0 Å². The van der Waals surface area contributed by atoms with E-state index < -0.39 is 0 Å². The molecule has 1 N–H and O–H groups in total. The second kappa shape index (κ2) is 5.96. The number of hydrogen-bond donors (Lipinski definition) is 1. The Bertz CT molecular complexity index is 209. The molecular weight excluding hydrogens is 204 g/mol. The molecule has 0 amide bonds. The van der Waals surface area contributed by atoms with Crippen molar-refractivity contribution in [2.75, 3.05) is 45.9 Å². The Balaban J connectivity index is 1.77. The van der Waals surface area contributed by atoms with Crippen LogP contribution < -0.4 is 0 Å². The Morgan fingerprint density at radius 3 is 2.88 bits per heavy atom. The van der Waals surface area contributed by atoms with Crippen LogP contribution in [0.25, 0.3) is 0 Å². The molecule has 2 fully saturated rings. The molecule has 1 unspecified atom stereocenters. The number of morpholine rings is 1. The van der Waals surface area contributed by atoms with Crippen molar-refractivity contribution in [3.63, 3.8) is 0 Å². The van der Waals surface area contributed by atoms with Crippen molar-refractivity contribution in [2.45, 2.75) is 31.9 Å². The highest BCUT2D eigenvalue weighted by Gasteiger charge is 2.31. The van der Waals surface area contributed by atoms with E-state index in [0.717, 1.165) is 39.3 Å². The Morgan fingerprint density at radius 2 is 2.25 bits per heavy atom. The lowest BCUT2D eigenvalue weighted by Gasteiger charge is -2.35. The van der Waals surface area contributed by atoms with Gasteiger partial charge in [-0.05, 0) is 19.4 Å². The normalized spacial score (nSPS) is 27.6. The van der Waals surface area contributed by atoms with Gasteiger partial charge < -0.3 is 9.84 Å². The summed E-state index contributed by atoms with van der Waals surface area (Å²) in [5, 5.41) is 9.05. The number of rotatable bonds is 6. The molecule has 1 saturated carbocycles. The maximum Gasteiger partial charge on any atom is 0.0829 e. The van der Waals surface area contributed by atoms with Crippen molar-refractivity contribution in [1.82, 2.24) is 9.80 Å². The predicted molar refractivity (Wildman–Crippen MR) is 63.5 cm³/mol. The summed E-state index contributed by atoms with van der Waals surface area (Å²) in [6.07, 6.45) is 2.93. The third-order valence-corrected chi connectivity index (χ3v) is 3.56. The first kappa shape index (κ1) is 12.3. The highest BCUT2D eigenvalue weighted by Crippen LogP contribution is 2.27. The zero-order valence-corrected chi connectivity index (χ0v) is 10.3. The summed E-state index contributed by atoms with van der Waals surface area (Å²) in [6, 6.07) is 0.716. The first-order valence-electron chi connectivity index (χ1n) is 6.52. The lowest BCUT2D eigenvalue weighted by atomic mass is 10.2. The minimum absolute atomic E-state index is 0.265. The minimum Gasteiger partial charge on any atom is -0.395 e. The maximum atomic E-state index is 9.05. The highest BCUT2D eigenvalue weighted by molar-refractivity contribution is 4.87. The van der Waals surface area contributed by atoms with E-state index in [4.69, 9.17) is 9.84 Å². The van der Waals surface area contributed by atoms with Crippen LogP contribution in [0.5, 0.6) is 0 Å². The fraction of sp³-hybridized carbons (Fsp3) is 1.00. The molecule has 16 heavy (non-hydrogen) atoms. The molecule has 0 spiro atoms. The Kier molecular flexibility index (Phi) is 4.58. The minimum atomic E-state index is 0.265. The zero-order valence-electron chi connectivity index (χ0n) is 10.3. The lowest BCUT2D eigenvalue weighted by molar-refractivity contribution is -0.0442. The SMILES string of the molecule is CCN1CCOC(CN(CCO)C2CC2)C1. The lowest BCUT2D eigenvalue weighted by Crippen LogP contribution is -2.48. The first-order chi connectivity index (χ1) is 7.83. The molecule has 1 saturated heterocycles. The molecule has 2 rings (SSSR count). The quantitative estimate of drug-likeness (QED) is 0.703. The van der Waals surface area contributed by atoms with Crippen LogP contribution >= 0.6 is 0 Å². The number of nitrogens with zero attached hydrogens (tertiary/aromatic N) is 2. The van der Waals surface area contributed by atoms with E-state index >= 15 is 0 Å². The summed E-state index contributed by atoms with van der Waals surface area (Å²) < 4.78 is 5.80. The van der Waals surface area contributed by atoms with Crippen LogP contribution in [0.4, 0.5) is 0 Å². The van der Waals surface area contributed by atoms with Gasteiger partial charge >= 0.3 is 0 Å². The average Bonchev–Trinajstić information content (AvgIpc) is 3.13. The van der Waals surface area contributed by atoms with Gasteiger partial charge in [-0.25, -0.2) is 0 Å². The van der Waals surface area contributed by atoms with Crippen LogP contribution in [0.1, 0.15) is 19.8 Å². The molecule has 4 heteroatoms. The second-order valence-corrected chi connectivity index (χ2v) is 4.84. The van der Waals surface area contributed by atoms with Gasteiger partial charge in [0.2, 0.25) is 0 Å². The molecule has 4 nitrogen and oxygen atoms in total. The van der Waals surface area contributed by atoms with E-state index in [0.29, 0.717) is 12.1 Å². The van der Waals surface area contributed by atoms with Crippen LogP contribution in [0, 0.1) is 0 Å². The van der Waals surface area contributed by atoms with Gasteiger partial charge in [0.1, 0.15) is 0 Å². The van der Waals surface area contributed by atoms with Gasteiger partial charge in [0.15, 0.2) is 0 Å². The number of hydrogen-bond acceptors (Lipinski definition) is 4. The molecule has 0 aromatic rings. The van der Waals surface area contributed by atoms with E-state index in [9.17, 15) is 0 Å². The molecule has 1 atom stereocenters. The van der Waals surface area contributed by atoms with E-state index in [2.05, 4.69) is 16.7 Å². The summed E-state index contributed by atoms with van der Waals surface area (Å²) in [4.78, 5) is 4.84. The number of aliphatic hydroxyl groups excluding tert-OH is 1. The van der Waals surface area contributed by atoms with E-state index in [-0.39, 0.29) is 6.61 Å². The van der Waals surface area contributed by atoms with Gasteiger partial charge in [-0.1, -0.05) is 6.92 Å². The summed E-state index contributed by atoms with van der Waals surface area (Å²) in [5.74, 6) is 0. The van der Waals surface area contributed by atoms with Crippen molar-refractivity contribution < 1.29 is 9.84 Å². The van der Waals surface area contributed by atoms with E-state index in [1.807, 2.05) is 0 Å². The van der Waals surface area contributed by atoms with Crippen LogP contribution in [-0.2, 0) is 4.74 Å². The summed E-state index contributed by atoms with van der Waals surface area (Å²) in [5.41, 5.74) is 0. The van der Waals surface area contributed by atoms with E-state index in [1.54, 1.807) is 0 Å². The van der Waals surface area contributed by atoms with Crippen molar-refractivity contribution >= 4 is 0 Å². The first-order valence-corrected chi connectivity index (χ1v) is 6.52. The standard InChI is InChI=1S/C12H24N2O2/c1-2-13-6-8-16-12(9-13)10-14(5-7-15)11-3-4-11/h11-12,15H,2-10H2,1H3. The van der Waals surface area contributed by atoms with Gasteiger partial charge in [0.05, 0.1) is 19.3 Å². The topological polar surface area (TPSA) is 35.9 Å². The summed E-state index contributed by atoms with van der Waals surface area (Å²) in [6.45, 7) is 8.34. The van der Waals surface area contributed by atoms with Crippen LogP contribution in [0.3, 0.4) is 0 Å². The smallest absolute Gasteiger partial charge is 0.0829 e. The molecule has 0 aromatic heterocycles. The van der Waals surface area contributed by atoms with Gasteiger partial charge in [0.25, 0.3) is 0 Å². The number of ether oxygens (including phenoxy) is 1. The monoisotopic (exact) mass is 228 g/mol. The third-order valence-electron chi connectivity index (χ3n) is 3.56. The molecule has 1 heterocycles. The molecule has 2 aliphatic rings. The molecule has 0 radical (unpaired) electrons. The van der Waals surface area contributed by atoms with E-state index in [1.165, 1.54) is 12.8 Å². The molecule has 94 valence electrons. The fourth-order valence-corrected chi connectivity index (χ4v) is 2.43. The fourth-order valence-electron chi connectivity index (χ4n) is 2.43. The van der Waals surface area contributed by atoms with Crippen LogP contribution in [0.15, 0.2) is 0 Å². The zero-order chi connectivity index (χ0) is 11.4. The second-order valence-electron chi connectivity index (χ2n) is 4.84. The predicted octanol–water partition coefficient (Wildman–Crippen LogP) is 0.164. The summed E-state index contributed by atoms with van der Waals surface area (Å²) >= 11 is 0. The Morgan fingerprint density at radius 1 is 1.44 bits per heavy atom. The summed E-state index contributed by atoms with van der Waals surface area (Å²) in [7, 11) is 0. The Hall–Kier alpha value is -0.160. The van der Waals surface area contributed by atoms with Crippen molar-refractivity contribution in [3.8, 4) is 0 Å². The number of aliphatic hydroxyl groups is 1. The van der Waals surface area contributed by atoms with Crippen LogP contribution in [-0.4, -0.2) is 73.0 Å². The van der Waals surface area contributed by atoms with Crippen molar-refractivity contribution in [1.29, 1.82) is 0 Å². The largest absolute Gasteiger partial charge is 0.395 e.